The molecule has 84 valence electrons. The Morgan fingerprint density at radius 3 is 3.38 bits per heavy atom. The molecule has 1 unspecified atom stereocenters. The average Bonchev–Trinajstić information content (AvgIpc) is 2.97. The molecule has 2 aromatic heterocycles. The number of anilines is 1. The van der Waals surface area contributed by atoms with E-state index in [0.29, 0.717) is 6.04 Å². The van der Waals surface area contributed by atoms with Crippen LogP contribution in [0.25, 0.3) is 10.2 Å². The van der Waals surface area contributed by atoms with Gasteiger partial charge in [-0.1, -0.05) is 0 Å². The number of aromatic nitrogens is 2. The molecular formula is C11H14N4S. The van der Waals surface area contributed by atoms with Crippen LogP contribution in [0.5, 0.6) is 0 Å². The molecule has 0 saturated carbocycles. The highest BCUT2D eigenvalue weighted by Gasteiger charge is 2.14. The Morgan fingerprint density at radius 2 is 2.50 bits per heavy atom. The second-order valence-electron chi connectivity index (χ2n) is 4.03. The first-order valence-corrected chi connectivity index (χ1v) is 6.47. The van der Waals surface area contributed by atoms with Crippen molar-refractivity contribution in [3.05, 3.63) is 17.8 Å². The fraction of sp³-hybridized carbons (Fsp3) is 0.455. The Bertz CT molecular complexity index is 476. The van der Waals surface area contributed by atoms with Gasteiger partial charge in [0.15, 0.2) is 0 Å². The molecule has 1 aliphatic heterocycles. The maximum Gasteiger partial charge on any atom is 0.147 e. The number of hydrogen-bond acceptors (Lipinski definition) is 5. The fourth-order valence-electron chi connectivity index (χ4n) is 2.07. The third-order valence-electron chi connectivity index (χ3n) is 2.92. The van der Waals surface area contributed by atoms with Crippen molar-refractivity contribution in [3.63, 3.8) is 0 Å². The van der Waals surface area contributed by atoms with Crippen molar-refractivity contribution in [2.75, 3.05) is 18.4 Å². The minimum atomic E-state index is 0.588. The number of fused-ring (bicyclic) bond motifs is 1. The van der Waals surface area contributed by atoms with Crippen LogP contribution in [0.4, 0.5) is 5.82 Å². The molecule has 3 heterocycles. The summed E-state index contributed by atoms with van der Waals surface area (Å²) in [4.78, 5) is 8.53. The van der Waals surface area contributed by atoms with E-state index in [0.717, 1.165) is 29.1 Å². The summed E-state index contributed by atoms with van der Waals surface area (Å²) < 4.78 is 1.15. The molecule has 5 heteroatoms. The average molecular weight is 234 g/mol. The number of nitrogens with one attached hydrogen (secondary N) is 2. The number of nitrogens with zero attached hydrogens (tertiary/aromatic N) is 2. The predicted octanol–water partition coefficient (Wildman–Crippen LogP) is 1.86. The molecule has 16 heavy (non-hydrogen) atoms. The van der Waals surface area contributed by atoms with Gasteiger partial charge in [-0.15, -0.1) is 11.3 Å². The highest BCUT2D eigenvalue weighted by Crippen LogP contribution is 2.24. The lowest BCUT2D eigenvalue weighted by molar-refractivity contribution is 0.633. The van der Waals surface area contributed by atoms with Crippen molar-refractivity contribution in [3.8, 4) is 0 Å². The largest absolute Gasteiger partial charge is 0.367 e. The summed E-state index contributed by atoms with van der Waals surface area (Å²) in [5, 5.41) is 8.93. The van der Waals surface area contributed by atoms with E-state index in [9.17, 15) is 0 Å². The van der Waals surface area contributed by atoms with E-state index in [2.05, 4.69) is 26.0 Å². The number of hydrogen-bond donors (Lipinski definition) is 2. The lowest BCUT2D eigenvalue weighted by Gasteiger charge is -2.11. The van der Waals surface area contributed by atoms with Gasteiger partial charge in [-0.05, 0) is 30.8 Å². The monoisotopic (exact) mass is 234 g/mol. The molecule has 3 rings (SSSR count). The Balaban J connectivity index is 1.75. The first kappa shape index (κ1) is 9.99. The minimum absolute atomic E-state index is 0.588. The Labute approximate surface area is 98.1 Å². The second kappa shape index (κ2) is 4.35. The summed E-state index contributed by atoms with van der Waals surface area (Å²) in [5.74, 6) is 0.966. The maximum atomic E-state index is 4.30. The molecule has 0 radical (unpaired) electrons. The van der Waals surface area contributed by atoms with Gasteiger partial charge < -0.3 is 10.6 Å². The van der Waals surface area contributed by atoms with Crippen molar-refractivity contribution < 1.29 is 0 Å². The molecule has 0 aromatic carbocycles. The third kappa shape index (κ3) is 1.88. The zero-order valence-electron chi connectivity index (χ0n) is 8.94. The highest BCUT2D eigenvalue weighted by atomic mass is 32.1. The fourth-order valence-corrected chi connectivity index (χ4v) is 2.88. The van der Waals surface area contributed by atoms with E-state index < -0.39 is 0 Å². The van der Waals surface area contributed by atoms with E-state index in [1.807, 2.05) is 6.07 Å². The summed E-state index contributed by atoms with van der Waals surface area (Å²) in [6, 6.07) is 2.62. The molecule has 2 N–H and O–H groups in total. The van der Waals surface area contributed by atoms with Crippen LogP contribution >= 0.6 is 11.3 Å². The van der Waals surface area contributed by atoms with Crippen molar-refractivity contribution in [1.82, 2.24) is 15.3 Å². The van der Waals surface area contributed by atoms with Gasteiger partial charge in [-0.2, -0.15) is 0 Å². The van der Waals surface area contributed by atoms with Crippen LogP contribution in [0.3, 0.4) is 0 Å². The molecule has 0 bridgehead atoms. The summed E-state index contributed by atoms with van der Waals surface area (Å²) in [5.41, 5.74) is 1.03. The van der Waals surface area contributed by atoms with Crippen LogP contribution in [-0.4, -0.2) is 29.1 Å². The van der Waals surface area contributed by atoms with Gasteiger partial charge >= 0.3 is 0 Å². The topological polar surface area (TPSA) is 49.8 Å². The second-order valence-corrected chi connectivity index (χ2v) is 4.95. The van der Waals surface area contributed by atoms with Crippen molar-refractivity contribution in [2.45, 2.75) is 18.9 Å². The zero-order valence-corrected chi connectivity index (χ0v) is 9.76. The first-order chi connectivity index (χ1) is 7.93. The molecule has 1 aliphatic rings. The van der Waals surface area contributed by atoms with E-state index in [1.54, 1.807) is 17.7 Å². The third-order valence-corrected chi connectivity index (χ3v) is 3.83. The standard InChI is InChI=1S/C11H14N4S/c1-2-8(12-4-1)6-13-11-10-9(3-5-16-10)14-7-15-11/h3,5,7-8,12H,1-2,4,6H2,(H,13,14,15). The van der Waals surface area contributed by atoms with Gasteiger partial charge in [0.1, 0.15) is 12.1 Å². The van der Waals surface area contributed by atoms with E-state index in [4.69, 9.17) is 0 Å². The van der Waals surface area contributed by atoms with Crippen LogP contribution < -0.4 is 10.6 Å². The molecule has 1 atom stereocenters. The van der Waals surface area contributed by atoms with Gasteiger partial charge in [-0.3, -0.25) is 0 Å². The molecule has 1 fully saturated rings. The molecule has 4 nitrogen and oxygen atoms in total. The lowest BCUT2D eigenvalue weighted by Crippen LogP contribution is -2.29. The smallest absolute Gasteiger partial charge is 0.147 e. The number of rotatable bonds is 3. The van der Waals surface area contributed by atoms with Crippen LogP contribution in [0.1, 0.15) is 12.8 Å². The molecule has 0 spiro atoms. The van der Waals surface area contributed by atoms with Crippen molar-refractivity contribution in [1.29, 1.82) is 0 Å². The van der Waals surface area contributed by atoms with Gasteiger partial charge in [0.05, 0.1) is 10.2 Å². The van der Waals surface area contributed by atoms with Crippen molar-refractivity contribution >= 4 is 27.4 Å². The Hall–Kier alpha value is -1.20. The first-order valence-electron chi connectivity index (χ1n) is 5.59. The van der Waals surface area contributed by atoms with Gasteiger partial charge in [0.2, 0.25) is 0 Å². The molecule has 1 saturated heterocycles. The van der Waals surface area contributed by atoms with E-state index >= 15 is 0 Å². The Kier molecular flexibility index (Phi) is 2.71. The normalized spacial score (nSPS) is 20.4. The zero-order chi connectivity index (χ0) is 10.8. The van der Waals surface area contributed by atoms with Crippen LogP contribution in [0, 0.1) is 0 Å². The van der Waals surface area contributed by atoms with Gasteiger partial charge in [0.25, 0.3) is 0 Å². The van der Waals surface area contributed by atoms with Gasteiger partial charge in [-0.25, -0.2) is 9.97 Å². The summed E-state index contributed by atoms with van der Waals surface area (Å²) in [6.45, 7) is 2.09. The van der Waals surface area contributed by atoms with E-state index in [1.165, 1.54) is 12.8 Å². The Morgan fingerprint density at radius 1 is 1.50 bits per heavy atom. The number of thiophene rings is 1. The maximum absolute atomic E-state index is 4.30. The quantitative estimate of drug-likeness (QED) is 0.851. The summed E-state index contributed by atoms with van der Waals surface area (Å²) >= 11 is 1.69. The van der Waals surface area contributed by atoms with E-state index in [-0.39, 0.29) is 0 Å². The predicted molar refractivity (Wildman–Crippen MR) is 66.9 cm³/mol. The van der Waals surface area contributed by atoms with Gasteiger partial charge in [0, 0.05) is 12.6 Å². The summed E-state index contributed by atoms with van der Waals surface area (Å²) in [6.07, 6.45) is 4.16. The molecule has 0 aliphatic carbocycles. The molecule has 2 aromatic rings. The SMILES string of the molecule is c1nc(NCC2CCCN2)c2sccc2n1. The van der Waals surface area contributed by atoms with Crippen LogP contribution in [0.15, 0.2) is 17.8 Å². The van der Waals surface area contributed by atoms with Crippen LogP contribution in [0.2, 0.25) is 0 Å². The van der Waals surface area contributed by atoms with Crippen LogP contribution in [-0.2, 0) is 0 Å². The minimum Gasteiger partial charge on any atom is -0.367 e. The molecule has 0 amide bonds. The van der Waals surface area contributed by atoms with Crippen molar-refractivity contribution in [2.24, 2.45) is 0 Å². The lowest BCUT2D eigenvalue weighted by atomic mass is 10.2. The summed E-state index contributed by atoms with van der Waals surface area (Å²) in [7, 11) is 0. The molecular weight excluding hydrogens is 220 g/mol. The highest BCUT2D eigenvalue weighted by molar-refractivity contribution is 7.17.